The molecule has 1 atom stereocenters. The number of nitrogens with zero attached hydrogens (tertiary/aromatic N) is 1. The second-order valence-corrected chi connectivity index (χ2v) is 5.75. The van der Waals surface area contributed by atoms with Gasteiger partial charge in [-0.25, -0.2) is 0 Å². The van der Waals surface area contributed by atoms with E-state index in [-0.39, 0.29) is 0 Å². The zero-order chi connectivity index (χ0) is 14.5. The van der Waals surface area contributed by atoms with Gasteiger partial charge < -0.3 is 10.4 Å². The standard InChI is InChI=1S/C18H22N2O/c21-18-8-6-15(7-9-18)12-19-17-10-11-20(14-17)13-16-4-2-1-3-5-16/h1-9,17,19,21H,10-14H2. The van der Waals surface area contributed by atoms with Crippen molar-refractivity contribution >= 4 is 0 Å². The van der Waals surface area contributed by atoms with Crippen LogP contribution >= 0.6 is 0 Å². The summed E-state index contributed by atoms with van der Waals surface area (Å²) in [6.07, 6.45) is 1.20. The average Bonchev–Trinajstić information content (AvgIpc) is 2.95. The first-order valence-corrected chi connectivity index (χ1v) is 7.57. The topological polar surface area (TPSA) is 35.5 Å². The van der Waals surface area contributed by atoms with Crippen molar-refractivity contribution in [2.75, 3.05) is 13.1 Å². The molecule has 2 aromatic rings. The first-order valence-electron chi connectivity index (χ1n) is 7.57. The number of phenolic OH excluding ortho intramolecular Hbond substituents is 1. The Balaban J connectivity index is 1.45. The van der Waals surface area contributed by atoms with Gasteiger partial charge in [0.1, 0.15) is 5.75 Å². The van der Waals surface area contributed by atoms with E-state index in [1.54, 1.807) is 12.1 Å². The van der Waals surface area contributed by atoms with Crippen molar-refractivity contribution in [2.45, 2.75) is 25.6 Å². The molecule has 1 aliphatic rings. The smallest absolute Gasteiger partial charge is 0.115 e. The Morgan fingerprint density at radius 2 is 1.76 bits per heavy atom. The van der Waals surface area contributed by atoms with Gasteiger partial charge in [-0.1, -0.05) is 42.5 Å². The van der Waals surface area contributed by atoms with Crippen LogP contribution in [0, 0.1) is 0 Å². The molecule has 0 aromatic heterocycles. The highest BCUT2D eigenvalue weighted by molar-refractivity contribution is 5.25. The van der Waals surface area contributed by atoms with Gasteiger partial charge in [0.25, 0.3) is 0 Å². The summed E-state index contributed by atoms with van der Waals surface area (Å²) in [6, 6.07) is 18.6. The molecule has 3 heteroatoms. The SMILES string of the molecule is Oc1ccc(CNC2CCN(Cc3ccccc3)C2)cc1. The number of hydrogen-bond acceptors (Lipinski definition) is 3. The molecule has 0 bridgehead atoms. The number of phenols is 1. The molecule has 0 radical (unpaired) electrons. The predicted octanol–water partition coefficient (Wildman–Crippen LogP) is 2.76. The van der Waals surface area contributed by atoms with Gasteiger partial charge in [0.05, 0.1) is 0 Å². The van der Waals surface area contributed by atoms with Gasteiger partial charge in [-0.05, 0) is 29.7 Å². The van der Waals surface area contributed by atoms with E-state index < -0.39 is 0 Å². The van der Waals surface area contributed by atoms with Crippen molar-refractivity contribution in [3.8, 4) is 5.75 Å². The molecular weight excluding hydrogens is 260 g/mol. The average molecular weight is 282 g/mol. The number of likely N-dealkylation sites (tertiary alicyclic amines) is 1. The summed E-state index contributed by atoms with van der Waals surface area (Å²) in [7, 11) is 0. The summed E-state index contributed by atoms with van der Waals surface area (Å²) in [5, 5.41) is 12.9. The fraction of sp³-hybridized carbons (Fsp3) is 0.333. The zero-order valence-corrected chi connectivity index (χ0v) is 12.2. The molecule has 21 heavy (non-hydrogen) atoms. The van der Waals surface area contributed by atoms with Crippen LogP contribution in [0.1, 0.15) is 17.5 Å². The highest BCUT2D eigenvalue weighted by atomic mass is 16.3. The van der Waals surface area contributed by atoms with Gasteiger partial charge >= 0.3 is 0 Å². The molecule has 1 unspecified atom stereocenters. The van der Waals surface area contributed by atoms with Crippen LogP contribution in [0.25, 0.3) is 0 Å². The fourth-order valence-corrected chi connectivity index (χ4v) is 2.86. The summed E-state index contributed by atoms with van der Waals surface area (Å²) in [5.74, 6) is 0.327. The van der Waals surface area contributed by atoms with E-state index in [0.29, 0.717) is 11.8 Å². The van der Waals surface area contributed by atoms with E-state index in [1.807, 2.05) is 12.1 Å². The van der Waals surface area contributed by atoms with Crippen LogP contribution in [0.4, 0.5) is 0 Å². The number of benzene rings is 2. The molecule has 2 N–H and O–H groups in total. The van der Waals surface area contributed by atoms with Crippen LogP contribution in [0.2, 0.25) is 0 Å². The molecule has 0 spiro atoms. The summed E-state index contributed by atoms with van der Waals surface area (Å²) >= 11 is 0. The predicted molar refractivity (Wildman–Crippen MR) is 85.1 cm³/mol. The molecule has 0 saturated carbocycles. The number of aromatic hydroxyl groups is 1. The first-order chi connectivity index (χ1) is 10.3. The van der Waals surface area contributed by atoms with E-state index in [9.17, 15) is 5.11 Å². The van der Waals surface area contributed by atoms with Crippen LogP contribution in [0.15, 0.2) is 54.6 Å². The van der Waals surface area contributed by atoms with Crippen LogP contribution in [0.3, 0.4) is 0 Å². The minimum Gasteiger partial charge on any atom is -0.508 e. The van der Waals surface area contributed by atoms with Crippen molar-refractivity contribution in [2.24, 2.45) is 0 Å². The van der Waals surface area contributed by atoms with Crippen molar-refractivity contribution in [1.82, 2.24) is 10.2 Å². The molecule has 0 amide bonds. The van der Waals surface area contributed by atoms with Gasteiger partial charge in [-0.2, -0.15) is 0 Å². The lowest BCUT2D eigenvalue weighted by Gasteiger charge is -2.17. The summed E-state index contributed by atoms with van der Waals surface area (Å²) in [5.41, 5.74) is 2.60. The second kappa shape index (κ2) is 6.74. The molecular formula is C18H22N2O. The Morgan fingerprint density at radius 3 is 2.52 bits per heavy atom. The third-order valence-electron chi connectivity index (χ3n) is 4.05. The lowest BCUT2D eigenvalue weighted by atomic mass is 10.2. The maximum absolute atomic E-state index is 9.28. The van der Waals surface area contributed by atoms with Crippen molar-refractivity contribution in [1.29, 1.82) is 0 Å². The Kier molecular flexibility index (Phi) is 4.53. The lowest BCUT2D eigenvalue weighted by molar-refractivity contribution is 0.320. The lowest BCUT2D eigenvalue weighted by Crippen LogP contribution is -2.31. The van der Waals surface area contributed by atoms with Gasteiger partial charge in [0.2, 0.25) is 0 Å². The Hall–Kier alpha value is -1.84. The molecule has 2 aromatic carbocycles. The third-order valence-corrected chi connectivity index (χ3v) is 4.05. The van der Waals surface area contributed by atoms with Gasteiger partial charge in [0.15, 0.2) is 0 Å². The van der Waals surface area contributed by atoms with Crippen LogP contribution in [0.5, 0.6) is 5.75 Å². The van der Waals surface area contributed by atoms with E-state index >= 15 is 0 Å². The maximum atomic E-state index is 9.28. The molecule has 1 fully saturated rings. The van der Waals surface area contributed by atoms with Crippen molar-refractivity contribution in [3.05, 3.63) is 65.7 Å². The zero-order valence-electron chi connectivity index (χ0n) is 12.2. The van der Waals surface area contributed by atoms with Gasteiger partial charge in [0, 0.05) is 32.2 Å². The van der Waals surface area contributed by atoms with E-state index in [4.69, 9.17) is 0 Å². The van der Waals surface area contributed by atoms with Crippen LogP contribution < -0.4 is 5.32 Å². The monoisotopic (exact) mass is 282 g/mol. The Labute approximate surface area is 126 Å². The molecule has 110 valence electrons. The Morgan fingerprint density at radius 1 is 1.00 bits per heavy atom. The molecule has 3 nitrogen and oxygen atoms in total. The quantitative estimate of drug-likeness (QED) is 0.885. The normalized spacial score (nSPS) is 19.0. The molecule has 1 heterocycles. The van der Waals surface area contributed by atoms with Crippen molar-refractivity contribution < 1.29 is 5.11 Å². The molecule has 1 saturated heterocycles. The van der Waals surface area contributed by atoms with Crippen LogP contribution in [-0.4, -0.2) is 29.1 Å². The van der Waals surface area contributed by atoms with Gasteiger partial charge in [-0.15, -0.1) is 0 Å². The number of nitrogens with one attached hydrogen (secondary N) is 1. The molecule has 0 aliphatic carbocycles. The van der Waals surface area contributed by atoms with E-state index in [0.717, 1.165) is 26.2 Å². The summed E-state index contributed by atoms with van der Waals surface area (Å²) in [4.78, 5) is 2.50. The second-order valence-electron chi connectivity index (χ2n) is 5.75. The first kappa shape index (κ1) is 14.1. The highest BCUT2D eigenvalue weighted by Crippen LogP contribution is 2.15. The number of rotatable bonds is 5. The van der Waals surface area contributed by atoms with E-state index in [2.05, 4.69) is 40.5 Å². The third kappa shape index (κ3) is 4.06. The largest absolute Gasteiger partial charge is 0.508 e. The van der Waals surface area contributed by atoms with E-state index in [1.165, 1.54) is 17.5 Å². The highest BCUT2D eigenvalue weighted by Gasteiger charge is 2.21. The Bertz CT molecular complexity index is 553. The molecule has 1 aliphatic heterocycles. The van der Waals surface area contributed by atoms with Crippen molar-refractivity contribution in [3.63, 3.8) is 0 Å². The summed E-state index contributed by atoms with van der Waals surface area (Å²) in [6.45, 7) is 4.16. The molecule has 3 rings (SSSR count). The van der Waals surface area contributed by atoms with Gasteiger partial charge in [-0.3, -0.25) is 4.90 Å². The van der Waals surface area contributed by atoms with Crippen LogP contribution in [-0.2, 0) is 13.1 Å². The number of hydrogen-bond donors (Lipinski definition) is 2. The summed E-state index contributed by atoms with van der Waals surface area (Å²) < 4.78 is 0. The minimum absolute atomic E-state index is 0.327. The minimum atomic E-state index is 0.327. The maximum Gasteiger partial charge on any atom is 0.115 e. The fourth-order valence-electron chi connectivity index (χ4n) is 2.86.